The first-order chi connectivity index (χ1) is 8.25. The molecule has 0 radical (unpaired) electrons. The Balaban J connectivity index is 2.98. The van der Waals surface area contributed by atoms with Crippen LogP contribution in [0.2, 0.25) is 5.02 Å². The fraction of sp³-hybridized carbons (Fsp3) is 0.222. The molecule has 0 aliphatic rings. The average Bonchev–Trinajstić information content (AvgIpc) is 2.25. The van der Waals surface area contributed by atoms with Crippen LogP contribution >= 0.6 is 27.5 Å². The first-order valence-electron chi connectivity index (χ1n) is 4.67. The van der Waals surface area contributed by atoms with Crippen LogP contribution in [-0.2, 0) is 14.8 Å². The Morgan fingerprint density at radius 1 is 1.56 bits per heavy atom. The van der Waals surface area contributed by atoms with Gasteiger partial charge in [0.05, 0.1) is 5.02 Å². The molecule has 0 aromatic heterocycles. The summed E-state index contributed by atoms with van der Waals surface area (Å²) in [6, 6.07) is 4.49. The number of hydrogen-bond acceptors (Lipinski definition) is 4. The van der Waals surface area contributed by atoms with E-state index in [-0.39, 0.29) is 14.4 Å². The second-order valence-electron chi connectivity index (χ2n) is 3.32. The van der Waals surface area contributed by atoms with Crippen LogP contribution in [-0.4, -0.2) is 32.1 Å². The van der Waals surface area contributed by atoms with Crippen LogP contribution in [0.1, 0.15) is 0 Å². The van der Waals surface area contributed by atoms with Gasteiger partial charge in [0.2, 0.25) is 15.9 Å². The van der Waals surface area contributed by atoms with E-state index in [2.05, 4.69) is 15.9 Å². The molecule has 18 heavy (non-hydrogen) atoms. The van der Waals surface area contributed by atoms with Crippen LogP contribution < -0.4 is 10.5 Å². The van der Waals surface area contributed by atoms with Crippen molar-refractivity contribution in [2.24, 2.45) is 5.73 Å². The van der Waals surface area contributed by atoms with Gasteiger partial charge in [0.25, 0.3) is 0 Å². The largest absolute Gasteiger partial charge is 0.382 e. The quantitative estimate of drug-likeness (QED) is 0.700. The van der Waals surface area contributed by atoms with Gasteiger partial charge in [-0.2, -0.15) is 0 Å². The topological polar surface area (TPSA) is 109 Å². The Morgan fingerprint density at radius 3 is 2.67 bits per heavy atom. The summed E-state index contributed by atoms with van der Waals surface area (Å²) in [5, 5.41) is 9.15. The van der Waals surface area contributed by atoms with Crippen LogP contribution in [0.25, 0.3) is 0 Å². The van der Waals surface area contributed by atoms with Crippen molar-refractivity contribution in [3.8, 4) is 0 Å². The van der Waals surface area contributed by atoms with Crippen LogP contribution in [0, 0.1) is 0 Å². The minimum Gasteiger partial charge on any atom is -0.382 e. The van der Waals surface area contributed by atoms with Gasteiger partial charge in [-0.15, -0.1) is 0 Å². The van der Waals surface area contributed by atoms with E-state index >= 15 is 0 Å². The van der Waals surface area contributed by atoms with E-state index in [0.717, 1.165) is 0 Å². The van der Waals surface area contributed by atoms with Crippen LogP contribution in [0.4, 0.5) is 0 Å². The van der Waals surface area contributed by atoms with Gasteiger partial charge < -0.3 is 10.8 Å². The number of sulfonamides is 1. The average molecular weight is 358 g/mol. The highest BCUT2D eigenvalue weighted by molar-refractivity contribution is 9.10. The predicted octanol–water partition coefficient (Wildman–Crippen LogP) is 0.227. The van der Waals surface area contributed by atoms with Gasteiger partial charge in [-0.3, -0.25) is 4.79 Å². The smallest absolute Gasteiger partial charge is 0.247 e. The van der Waals surface area contributed by atoms with Crippen LogP contribution in [0.5, 0.6) is 0 Å². The van der Waals surface area contributed by atoms with Crippen molar-refractivity contribution < 1.29 is 18.3 Å². The lowest BCUT2D eigenvalue weighted by molar-refractivity contribution is -0.125. The Labute approximate surface area is 117 Å². The maximum atomic E-state index is 11.9. The standard InChI is InChI=1S/C9H10BrClN2O4S/c10-5-2-1-3-6(11)8(5)18(16,17)13-4-7(14)9(12)15/h1-3,7,13-14H,4H2,(H2,12,15). The molecule has 1 atom stereocenters. The molecule has 0 aliphatic carbocycles. The molecule has 0 fully saturated rings. The summed E-state index contributed by atoms with van der Waals surface area (Å²) in [6.45, 7) is -0.519. The maximum absolute atomic E-state index is 11.9. The van der Waals surface area contributed by atoms with E-state index in [9.17, 15) is 13.2 Å². The van der Waals surface area contributed by atoms with Crippen molar-refractivity contribution in [2.45, 2.75) is 11.0 Å². The number of halogens is 2. The Kier molecular flexibility index (Phi) is 5.11. The monoisotopic (exact) mass is 356 g/mol. The van der Waals surface area contributed by atoms with Gasteiger partial charge in [0, 0.05) is 11.0 Å². The van der Waals surface area contributed by atoms with Gasteiger partial charge >= 0.3 is 0 Å². The van der Waals surface area contributed by atoms with Crippen molar-refractivity contribution >= 4 is 43.5 Å². The van der Waals surface area contributed by atoms with Crippen LogP contribution in [0.3, 0.4) is 0 Å². The third-order valence-corrected chi connectivity index (χ3v) is 4.86. The predicted molar refractivity (Wildman–Crippen MR) is 69.5 cm³/mol. The van der Waals surface area contributed by atoms with E-state index in [1.807, 2.05) is 4.72 Å². The van der Waals surface area contributed by atoms with Crippen molar-refractivity contribution in [1.82, 2.24) is 4.72 Å². The molecule has 0 saturated carbocycles. The van der Waals surface area contributed by atoms with E-state index in [1.54, 1.807) is 6.07 Å². The molecule has 0 aliphatic heterocycles. The lowest BCUT2D eigenvalue weighted by Crippen LogP contribution is -2.40. The summed E-state index contributed by atoms with van der Waals surface area (Å²) in [5.74, 6) is -1.02. The van der Waals surface area contributed by atoms with Gasteiger partial charge in [-0.25, -0.2) is 13.1 Å². The molecule has 9 heteroatoms. The first-order valence-corrected chi connectivity index (χ1v) is 7.32. The molecule has 0 spiro atoms. The van der Waals surface area contributed by atoms with Gasteiger partial charge in [0.15, 0.2) is 0 Å². The molecule has 1 aromatic rings. The molecule has 100 valence electrons. The lowest BCUT2D eigenvalue weighted by Gasteiger charge is -2.11. The molecule has 1 amide bonds. The maximum Gasteiger partial charge on any atom is 0.247 e. The number of amides is 1. The minimum absolute atomic E-state index is 0.0189. The molecular formula is C9H10BrClN2O4S. The number of aliphatic hydroxyl groups excluding tert-OH is 1. The highest BCUT2D eigenvalue weighted by Crippen LogP contribution is 2.28. The summed E-state index contributed by atoms with van der Waals surface area (Å²) < 4.78 is 26.1. The summed E-state index contributed by atoms with van der Waals surface area (Å²) in [4.78, 5) is 10.4. The van der Waals surface area contributed by atoms with Gasteiger partial charge in [0.1, 0.15) is 11.0 Å². The van der Waals surface area contributed by atoms with Crippen molar-refractivity contribution in [1.29, 1.82) is 0 Å². The molecule has 0 bridgehead atoms. The highest BCUT2D eigenvalue weighted by Gasteiger charge is 2.23. The molecule has 6 nitrogen and oxygen atoms in total. The summed E-state index contributed by atoms with van der Waals surface area (Å²) in [5.41, 5.74) is 4.80. The SMILES string of the molecule is NC(=O)C(O)CNS(=O)(=O)c1c(Cl)cccc1Br. The zero-order valence-corrected chi connectivity index (χ0v) is 12.1. The molecule has 0 saturated heterocycles. The molecule has 0 heterocycles. The number of carbonyl (C=O) groups excluding carboxylic acids is 1. The van der Waals surface area contributed by atoms with Crippen molar-refractivity contribution in [2.75, 3.05) is 6.54 Å². The Bertz CT molecular complexity index is 543. The number of nitrogens with one attached hydrogen (secondary N) is 1. The number of aliphatic hydroxyl groups is 1. The molecule has 1 aromatic carbocycles. The zero-order chi connectivity index (χ0) is 13.9. The van der Waals surface area contributed by atoms with Crippen molar-refractivity contribution in [3.63, 3.8) is 0 Å². The Morgan fingerprint density at radius 2 is 2.17 bits per heavy atom. The summed E-state index contributed by atoms with van der Waals surface area (Å²) in [7, 11) is -3.95. The lowest BCUT2D eigenvalue weighted by atomic mass is 10.3. The first kappa shape index (κ1) is 15.4. The molecular weight excluding hydrogens is 348 g/mol. The normalized spacial score (nSPS) is 13.3. The third-order valence-electron chi connectivity index (χ3n) is 1.98. The molecule has 4 N–H and O–H groups in total. The highest BCUT2D eigenvalue weighted by atomic mass is 79.9. The number of rotatable bonds is 5. The number of nitrogens with two attached hydrogens (primary N) is 1. The third kappa shape index (κ3) is 3.66. The van der Waals surface area contributed by atoms with Gasteiger partial charge in [-0.1, -0.05) is 17.7 Å². The molecule has 1 rings (SSSR count). The zero-order valence-electron chi connectivity index (χ0n) is 8.93. The summed E-state index contributed by atoms with van der Waals surface area (Å²) >= 11 is 8.85. The second kappa shape index (κ2) is 5.98. The van der Waals surface area contributed by atoms with E-state index in [4.69, 9.17) is 22.4 Å². The second-order valence-corrected chi connectivity index (χ2v) is 6.29. The Hall–Kier alpha value is -0.670. The summed E-state index contributed by atoms with van der Waals surface area (Å²) in [6.07, 6.45) is -1.60. The fourth-order valence-electron chi connectivity index (χ4n) is 1.10. The number of hydrogen-bond donors (Lipinski definition) is 3. The van der Waals surface area contributed by atoms with E-state index in [1.165, 1.54) is 12.1 Å². The minimum atomic E-state index is -3.95. The number of carbonyl (C=O) groups is 1. The fourth-order valence-corrected chi connectivity index (χ4v) is 3.87. The van der Waals surface area contributed by atoms with E-state index in [0.29, 0.717) is 0 Å². The van der Waals surface area contributed by atoms with E-state index < -0.39 is 28.6 Å². The van der Waals surface area contributed by atoms with Crippen molar-refractivity contribution in [3.05, 3.63) is 27.7 Å². The van der Waals surface area contributed by atoms with Gasteiger partial charge in [-0.05, 0) is 28.1 Å². The number of primary amides is 1. The molecule has 1 unspecified atom stereocenters. The number of benzene rings is 1. The van der Waals surface area contributed by atoms with Crippen LogP contribution in [0.15, 0.2) is 27.6 Å².